The third-order valence-corrected chi connectivity index (χ3v) is 4.45. The van der Waals surface area contributed by atoms with Crippen LogP contribution in [0.1, 0.15) is 32.6 Å². The van der Waals surface area contributed by atoms with Gasteiger partial charge in [-0.3, -0.25) is 9.52 Å². The molecule has 0 radical (unpaired) electrons. The van der Waals surface area contributed by atoms with Gasteiger partial charge in [-0.15, -0.1) is 0 Å². The fourth-order valence-corrected chi connectivity index (χ4v) is 2.72. The van der Waals surface area contributed by atoms with Gasteiger partial charge in [0, 0.05) is 5.41 Å². The van der Waals surface area contributed by atoms with Crippen molar-refractivity contribution < 1.29 is 26.6 Å². The van der Waals surface area contributed by atoms with Crippen LogP contribution in [0, 0.1) is 5.41 Å². The number of nitrogens with one attached hydrogen (secondary N) is 1. The average Bonchev–Trinajstić information content (AvgIpc) is 2.64. The number of amides is 1. The molecule has 106 valence electrons. The van der Waals surface area contributed by atoms with E-state index in [1.54, 1.807) is 0 Å². The maximum atomic E-state index is 12.9. The standard InChI is InChI=1S/C9H12ClF4NO2S/c1-7(4-2-3-5-7)6(16)15-18(17)9(13,14)8(10,11)12/h2-5H2,1H3,(H,15,16). The lowest BCUT2D eigenvalue weighted by molar-refractivity contribution is -0.128. The molecule has 1 rings (SSSR count). The highest BCUT2D eigenvalue weighted by Gasteiger charge is 2.61. The van der Waals surface area contributed by atoms with E-state index in [2.05, 4.69) is 11.6 Å². The number of hydrogen-bond acceptors (Lipinski definition) is 2. The summed E-state index contributed by atoms with van der Waals surface area (Å²) in [6.45, 7) is 1.52. The first-order chi connectivity index (χ1) is 8.01. The molecule has 1 aliphatic carbocycles. The largest absolute Gasteiger partial charge is 0.415 e. The first-order valence-corrected chi connectivity index (χ1v) is 6.71. The van der Waals surface area contributed by atoms with Crippen LogP contribution in [0.5, 0.6) is 0 Å². The molecule has 0 bridgehead atoms. The summed E-state index contributed by atoms with van der Waals surface area (Å²) in [5.41, 5.74) is -0.937. The van der Waals surface area contributed by atoms with E-state index in [1.807, 2.05) is 0 Å². The lowest BCUT2D eigenvalue weighted by Gasteiger charge is -2.25. The topological polar surface area (TPSA) is 46.2 Å². The molecule has 1 atom stereocenters. The van der Waals surface area contributed by atoms with Crippen molar-refractivity contribution >= 4 is 28.5 Å². The molecule has 1 unspecified atom stereocenters. The molecule has 18 heavy (non-hydrogen) atoms. The van der Waals surface area contributed by atoms with Crippen molar-refractivity contribution in [3.63, 3.8) is 0 Å². The molecule has 0 aliphatic heterocycles. The lowest BCUT2D eigenvalue weighted by Crippen LogP contribution is -2.49. The Kier molecular flexibility index (Phi) is 4.32. The first kappa shape index (κ1) is 15.7. The Labute approximate surface area is 109 Å². The van der Waals surface area contributed by atoms with Crippen molar-refractivity contribution in [2.45, 2.75) is 43.2 Å². The van der Waals surface area contributed by atoms with Crippen LogP contribution in [0.15, 0.2) is 0 Å². The second-order valence-electron chi connectivity index (χ2n) is 4.48. The Balaban J connectivity index is 2.74. The van der Waals surface area contributed by atoms with Crippen LogP contribution >= 0.6 is 11.6 Å². The van der Waals surface area contributed by atoms with E-state index in [4.69, 9.17) is 0 Å². The second kappa shape index (κ2) is 4.96. The molecule has 1 fully saturated rings. The van der Waals surface area contributed by atoms with Gasteiger partial charge in [0.1, 0.15) is 0 Å². The third-order valence-electron chi connectivity index (χ3n) is 3.00. The second-order valence-corrected chi connectivity index (χ2v) is 6.21. The molecule has 0 aromatic heterocycles. The maximum Gasteiger partial charge on any atom is 0.415 e. The van der Waals surface area contributed by atoms with Gasteiger partial charge >= 0.3 is 10.6 Å². The minimum atomic E-state index is -5.01. The van der Waals surface area contributed by atoms with Crippen molar-refractivity contribution in [2.75, 3.05) is 0 Å². The summed E-state index contributed by atoms with van der Waals surface area (Å²) in [6.07, 6.45) is 2.36. The number of carbonyl (C=O) groups excluding carboxylic acids is 1. The van der Waals surface area contributed by atoms with Crippen LogP contribution < -0.4 is 4.72 Å². The summed E-state index contributed by atoms with van der Waals surface area (Å²) in [4.78, 5) is 11.6. The Morgan fingerprint density at radius 2 is 1.72 bits per heavy atom. The van der Waals surface area contributed by atoms with Crippen LogP contribution in [-0.2, 0) is 15.8 Å². The molecule has 0 aromatic carbocycles. The summed E-state index contributed by atoms with van der Waals surface area (Å²) < 4.78 is 63.0. The molecule has 1 amide bonds. The zero-order valence-corrected chi connectivity index (χ0v) is 11.0. The smallest absolute Gasteiger partial charge is 0.273 e. The molecule has 9 heteroatoms. The molecular formula is C9H12ClF4NO2S. The van der Waals surface area contributed by atoms with Crippen molar-refractivity contribution in [2.24, 2.45) is 5.41 Å². The number of alkyl halides is 5. The highest BCUT2D eigenvalue weighted by Crippen LogP contribution is 2.41. The monoisotopic (exact) mass is 309 g/mol. The van der Waals surface area contributed by atoms with Gasteiger partial charge in [-0.1, -0.05) is 19.8 Å². The normalized spacial score (nSPS) is 21.7. The van der Waals surface area contributed by atoms with Crippen LogP contribution in [0.2, 0.25) is 0 Å². The Hall–Kier alpha value is -0.370. The summed E-state index contributed by atoms with van der Waals surface area (Å²) in [7, 11) is -3.57. The number of halogens is 5. The van der Waals surface area contributed by atoms with Crippen molar-refractivity contribution in [1.82, 2.24) is 4.72 Å². The van der Waals surface area contributed by atoms with Crippen LogP contribution in [0.4, 0.5) is 17.6 Å². The van der Waals surface area contributed by atoms with Crippen LogP contribution in [-0.4, -0.2) is 20.8 Å². The van der Waals surface area contributed by atoms with Crippen molar-refractivity contribution in [3.8, 4) is 0 Å². The fraction of sp³-hybridized carbons (Fsp3) is 0.889. The number of hydrogen-bond donors (Lipinski definition) is 1. The minimum absolute atomic E-state index is 0.443. The van der Waals surface area contributed by atoms with E-state index in [-0.39, 0.29) is 0 Å². The molecule has 1 N–H and O–H groups in total. The lowest BCUT2D eigenvalue weighted by atomic mass is 9.88. The minimum Gasteiger partial charge on any atom is -0.273 e. The van der Waals surface area contributed by atoms with Crippen LogP contribution in [0.25, 0.3) is 0 Å². The van der Waals surface area contributed by atoms with E-state index < -0.39 is 32.9 Å². The van der Waals surface area contributed by atoms with Gasteiger partial charge in [0.25, 0.3) is 0 Å². The van der Waals surface area contributed by atoms with E-state index in [9.17, 15) is 26.6 Å². The van der Waals surface area contributed by atoms with Crippen LogP contribution in [0.3, 0.4) is 0 Å². The third kappa shape index (κ3) is 2.96. The summed E-state index contributed by atoms with van der Waals surface area (Å²) in [6, 6.07) is 0. The van der Waals surface area contributed by atoms with E-state index in [1.165, 1.54) is 11.6 Å². The predicted molar refractivity (Wildman–Crippen MR) is 58.6 cm³/mol. The fourth-order valence-electron chi connectivity index (χ4n) is 1.76. The number of carbonyl (C=O) groups is 1. The first-order valence-electron chi connectivity index (χ1n) is 5.18. The molecule has 0 heterocycles. The average molecular weight is 310 g/mol. The molecule has 1 saturated carbocycles. The molecule has 0 saturated heterocycles. The summed E-state index contributed by atoms with van der Waals surface area (Å²) >= 11 is 4.17. The predicted octanol–water partition coefficient (Wildman–Crippen LogP) is 2.77. The van der Waals surface area contributed by atoms with E-state index >= 15 is 0 Å². The Morgan fingerprint density at radius 1 is 1.28 bits per heavy atom. The zero-order valence-electron chi connectivity index (χ0n) is 9.44. The number of rotatable bonds is 4. The Bertz CT molecular complexity index is 366. The van der Waals surface area contributed by atoms with Gasteiger partial charge in [0.05, 0.1) is 0 Å². The van der Waals surface area contributed by atoms with E-state index in [0.717, 1.165) is 12.8 Å². The van der Waals surface area contributed by atoms with Gasteiger partial charge in [0.15, 0.2) is 11.0 Å². The highest BCUT2D eigenvalue weighted by molar-refractivity contribution is 7.84. The molecule has 1 aliphatic rings. The van der Waals surface area contributed by atoms with E-state index in [0.29, 0.717) is 12.8 Å². The van der Waals surface area contributed by atoms with Gasteiger partial charge < -0.3 is 0 Å². The highest BCUT2D eigenvalue weighted by atomic mass is 35.5. The summed E-state index contributed by atoms with van der Waals surface area (Å²) in [5.74, 6) is -0.918. The maximum absolute atomic E-state index is 12.9. The van der Waals surface area contributed by atoms with Gasteiger partial charge in [-0.05, 0) is 24.4 Å². The molecule has 0 spiro atoms. The Morgan fingerprint density at radius 3 is 2.11 bits per heavy atom. The summed E-state index contributed by atoms with van der Waals surface area (Å²) in [5, 5.41) is -10.00. The van der Waals surface area contributed by atoms with Gasteiger partial charge in [0.2, 0.25) is 5.91 Å². The van der Waals surface area contributed by atoms with Gasteiger partial charge in [-0.2, -0.15) is 17.6 Å². The SMILES string of the molecule is CC1(C(=O)NS(=O)C(F)(F)C(F)(F)Cl)CCCC1. The quantitative estimate of drug-likeness (QED) is 0.641. The molecule has 0 aromatic rings. The van der Waals surface area contributed by atoms with Gasteiger partial charge in [-0.25, -0.2) is 4.21 Å². The van der Waals surface area contributed by atoms with Crippen molar-refractivity contribution in [1.29, 1.82) is 0 Å². The van der Waals surface area contributed by atoms with Crippen molar-refractivity contribution in [3.05, 3.63) is 0 Å². The molecular weight excluding hydrogens is 298 g/mol. The zero-order chi connectivity index (χ0) is 14.2. The molecule has 3 nitrogen and oxygen atoms in total.